The molecular weight excluding hydrogens is 144 g/mol. The lowest BCUT2D eigenvalue weighted by Crippen LogP contribution is -1.86. The molecule has 0 amide bonds. The molecule has 54 valence electrons. The molecule has 0 unspecified atom stereocenters. The van der Waals surface area contributed by atoms with Crippen LogP contribution >= 0.6 is 11.6 Å². The molecular formula is C5H9ClO3. The van der Waals surface area contributed by atoms with Gasteiger partial charge in [0.05, 0.1) is 5.88 Å². The van der Waals surface area contributed by atoms with Gasteiger partial charge in [-0.1, -0.05) is 0 Å². The third-order valence-electron chi connectivity index (χ3n) is 0.188. The molecule has 0 aliphatic rings. The fourth-order valence-electron chi connectivity index (χ4n) is 0. The van der Waals surface area contributed by atoms with Crippen molar-refractivity contribution in [1.82, 2.24) is 0 Å². The monoisotopic (exact) mass is 152 g/mol. The van der Waals surface area contributed by atoms with Crippen molar-refractivity contribution < 1.29 is 14.7 Å². The Labute approximate surface area is 58.6 Å². The maximum Gasteiger partial charge on any atom is 0.300 e. The third-order valence-corrected chi connectivity index (χ3v) is 0.565. The van der Waals surface area contributed by atoms with Crippen LogP contribution in [0.2, 0.25) is 0 Å². The van der Waals surface area contributed by atoms with Crippen molar-refractivity contribution in [2.45, 2.75) is 13.8 Å². The van der Waals surface area contributed by atoms with Crippen LogP contribution in [0.5, 0.6) is 0 Å². The van der Waals surface area contributed by atoms with E-state index in [1.807, 2.05) is 0 Å². The van der Waals surface area contributed by atoms with Gasteiger partial charge in [0.2, 0.25) is 0 Å². The van der Waals surface area contributed by atoms with Gasteiger partial charge in [-0.15, -0.1) is 11.6 Å². The second-order valence-corrected chi connectivity index (χ2v) is 1.62. The molecule has 0 spiro atoms. The molecule has 4 heteroatoms. The van der Waals surface area contributed by atoms with Gasteiger partial charge in [0.1, 0.15) is 5.78 Å². The van der Waals surface area contributed by atoms with Gasteiger partial charge >= 0.3 is 0 Å². The molecule has 0 aliphatic carbocycles. The summed E-state index contributed by atoms with van der Waals surface area (Å²) >= 11 is 4.99. The maximum atomic E-state index is 9.68. The van der Waals surface area contributed by atoms with Crippen LogP contribution in [0.25, 0.3) is 0 Å². The summed E-state index contributed by atoms with van der Waals surface area (Å²) in [6, 6.07) is 0. The summed E-state index contributed by atoms with van der Waals surface area (Å²) in [5.41, 5.74) is 0. The largest absolute Gasteiger partial charge is 0.481 e. The van der Waals surface area contributed by atoms with Crippen LogP contribution in [0, 0.1) is 0 Å². The molecule has 3 nitrogen and oxygen atoms in total. The first-order valence-corrected chi connectivity index (χ1v) is 2.79. The Morgan fingerprint density at radius 3 is 1.56 bits per heavy atom. The Hall–Kier alpha value is -0.570. The van der Waals surface area contributed by atoms with Crippen molar-refractivity contribution in [3.8, 4) is 0 Å². The van der Waals surface area contributed by atoms with E-state index in [0.29, 0.717) is 0 Å². The van der Waals surface area contributed by atoms with Crippen molar-refractivity contribution in [2.75, 3.05) is 5.88 Å². The highest BCUT2D eigenvalue weighted by Crippen LogP contribution is 1.71. The van der Waals surface area contributed by atoms with Gasteiger partial charge in [0.25, 0.3) is 5.97 Å². The summed E-state index contributed by atoms with van der Waals surface area (Å²) < 4.78 is 0. The van der Waals surface area contributed by atoms with E-state index >= 15 is 0 Å². The molecule has 0 heterocycles. The minimum Gasteiger partial charge on any atom is -0.481 e. The zero-order valence-electron chi connectivity index (χ0n) is 5.35. The van der Waals surface area contributed by atoms with E-state index in [9.17, 15) is 4.79 Å². The molecule has 0 aromatic carbocycles. The molecule has 0 aromatic heterocycles. The van der Waals surface area contributed by atoms with E-state index < -0.39 is 5.97 Å². The molecule has 1 N–H and O–H groups in total. The average Bonchev–Trinajstić information content (AvgIpc) is 1.65. The Morgan fingerprint density at radius 2 is 1.56 bits per heavy atom. The van der Waals surface area contributed by atoms with Gasteiger partial charge in [0.15, 0.2) is 0 Å². The van der Waals surface area contributed by atoms with Gasteiger partial charge in [-0.3, -0.25) is 9.59 Å². The maximum absolute atomic E-state index is 9.68. The molecule has 9 heavy (non-hydrogen) atoms. The van der Waals surface area contributed by atoms with Crippen molar-refractivity contribution in [3.05, 3.63) is 0 Å². The minimum absolute atomic E-state index is 0.0201. The number of rotatable bonds is 1. The summed E-state index contributed by atoms with van der Waals surface area (Å²) in [4.78, 5) is 18.7. The predicted octanol–water partition coefficient (Wildman–Crippen LogP) is 0.905. The van der Waals surface area contributed by atoms with Crippen molar-refractivity contribution in [1.29, 1.82) is 0 Å². The van der Waals surface area contributed by atoms with Crippen LogP contribution in [0.15, 0.2) is 0 Å². The van der Waals surface area contributed by atoms with E-state index in [1.54, 1.807) is 0 Å². The van der Waals surface area contributed by atoms with Crippen LogP contribution in [-0.4, -0.2) is 22.7 Å². The summed E-state index contributed by atoms with van der Waals surface area (Å²) in [6.45, 7) is 2.53. The highest BCUT2D eigenvalue weighted by atomic mass is 35.5. The number of hydrogen-bond donors (Lipinski definition) is 1. The van der Waals surface area contributed by atoms with Crippen LogP contribution in [-0.2, 0) is 9.59 Å². The fourth-order valence-corrected chi connectivity index (χ4v) is 0. The lowest BCUT2D eigenvalue weighted by molar-refractivity contribution is -0.134. The normalized spacial score (nSPS) is 7.00. The highest BCUT2D eigenvalue weighted by molar-refractivity contribution is 6.27. The summed E-state index contributed by atoms with van der Waals surface area (Å²) in [6.07, 6.45) is 0. The molecule has 0 atom stereocenters. The van der Waals surface area contributed by atoms with Gasteiger partial charge in [-0.25, -0.2) is 0 Å². The zero-order valence-corrected chi connectivity index (χ0v) is 6.10. The molecule has 0 radical (unpaired) electrons. The van der Waals surface area contributed by atoms with Gasteiger partial charge in [-0.2, -0.15) is 0 Å². The number of carboxylic acid groups (broad SMARTS) is 1. The molecule has 0 rings (SSSR count). The number of hydrogen-bond acceptors (Lipinski definition) is 2. The van der Waals surface area contributed by atoms with Crippen LogP contribution < -0.4 is 0 Å². The zero-order chi connectivity index (χ0) is 7.86. The fraction of sp³-hybridized carbons (Fsp3) is 0.600. The lowest BCUT2D eigenvalue weighted by Gasteiger charge is -1.69. The number of Topliss-reactive ketones (excluding diaryl/α,β-unsaturated/α-hetero) is 1. The van der Waals surface area contributed by atoms with Crippen molar-refractivity contribution in [2.24, 2.45) is 0 Å². The number of alkyl halides is 1. The van der Waals surface area contributed by atoms with E-state index in [1.165, 1.54) is 6.92 Å². The topological polar surface area (TPSA) is 54.4 Å². The lowest BCUT2D eigenvalue weighted by atomic mass is 10.5. The number of carbonyl (C=O) groups is 2. The molecule has 0 bridgehead atoms. The number of ketones is 1. The van der Waals surface area contributed by atoms with Crippen LogP contribution in [0.1, 0.15) is 13.8 Å². The van der Waals surface area contributed by atoms with E-state index in [-0.39, 0.29) is 11.7 Å². The molecule has 0 aliphatic heterocycles. The smallest absolute Gasteiger partial charge is 0.300 e. The Morgan fingerprint density at radius 1 is 1.44 bits per heavy atom. The Balaban J connectivity index is 0. The standard InChI is InChI=1S/C3H5ClO.C2H4O2/c1-3(5)2-4;1-2(3)4/h2H2,1H3;1H3,(H,3,4). The first-order valence-electron chi connectivity index (χ1n) is 2.25. The first-order chi connectivity index (χ1) is 4.00. The van der Waals surface area contributed by atoms with Crippen molar-refractivity contribution in [3.63, 3.8) is 0 Å². The van der Waals surface area contributed by atoms with Gasteiger partial charge in [0, 0.05) is 6.92 Å². The van der Waals surface area contributed by atoms with Crippen LogP contribution in [0.4, 0.5) is 0 Å². The second kappa shape index (κ2) is 7.43. The molecule has 0 fully saturated rings. The second-order valence-electron chi connectivity index (χ2n) is 1.35. The minimum atomic E-state index is -0.833. The van der Waals surface area contributed by atoms with Crippen molar-refractivity contribution >= 4 is 23.4 Å². The van der Waals surface area contributed by atoms with Crippen LogP contribution in [0.3, 0.4) is 0 Å². The number of halogens is 1. The molecule has 0 saturated heterocycles. The number of carboxylic acids is 1. The van der Waals surface area contributed by atoms with E-state index in [0.717, 1.165) is 6.92 Å². The summed E-state index contributed by atoms with van der Waals surface area (Å²) in [7, 11) is 0. The summed E-state index contributed by atoms with van der Waals surface area (Å²) in [5.74, 6) is -0.674. The average molecular weight is 153 g/mol. The van der Waals surface area contributed by atoms with E-state index in [4.69, 9.17) is 21.5 Å². The number of carbonyl (C=O) groups excluding carboxylic acids is 1. The Bertz CT molecular complexity index is 96.4. The number of aliphatic carboxylic acids is 1. The third kappa shape index (κ3) is 107. The predicted molar refractivity (Wildman–Crippen MR) is 34.7 cm³/mol. The van der Waals surface area contributed by atoms with Gasteiger partial charge in [-0.05, 0) is 6.92 Å². The molecule has 0 aromatic rings. The molecule has 0 saturated carbocycles. The Kier molecular flexibility index (Phi) is 9.29. The van der Waals surface area contributed by atoms with Gasteiger partial charge < -0.3 is 5.11 Å². The highest BCUT2D eigenvalue weighted by Gasteiger charge is 1.79. The quantitative estimate of drug-likeness (QED) is 0.568. The SMILES string of the molecule is CC(=O)CCl.CC(=O)O. The van der Waals surface area contributed by atoms with E-state index in [2.05, 4.69) is 0 Å². The summed E-state index contributed by atoms with van der Waals surface area (Å²) in [5, 5.41) is 7.42. The first kappa shape index (κ1) is 11.3.